The SMILES string of the molecule is CCc1[cH-]c2cc(C(C)C)cc(C(C)C)c2c1[Si](C)(c1ccccc1)c1c(CC)[cH-]c2cc(C(C)C)cc(C(C)C)c12.[CH2-]CCC.[CH2-]CCC.[Hf+4]. The van der Waals surface area contributed by atoms with Gasteiger partial charge in [-0.05, 0) is 36.5 Å². The molecule has 0 nitrogen and oxygen atoms in total. The van der Waals surface area contributed by atoms with Crippen LogP contribution < -0.4 is 15.6 Å². The molecule has 51 heavy (non-hydrogen) atoms. The van der Waals surface area contributed by atoms with Gasteiger partial charge in [-0.15, -0.1) is 56.9 Å². The minimum Gasteiger partial charge on any atom is -0.343 e. The van der Waals surface area contributed by atoms with Gasteiger partial charge in [0.25, 0.3) is 0 Å². The molecule has 0 unspecified atom stereocenters. The van der Waals surface area contributed by atoms with E-state index in [9.17, 15) is 0 Å². The van der Waals surface area contributed by atoms with Gasteiger partial charge in [0.2, 0.25) is 0 Å². The molecule has 0 heterocycles. The second kappa shape index (κ2) is 20.4. The third-order valence-electron chi connectivity index (χ3n) is 10.6. The zero-order valence-electron chi connectivity index (χ0n) is 34.8. The fraction of sp³-hybridized carbons (Fsp3) is 0.469. The number of unbranched alkanes of at least 4 members (excludes halogenated alkanes) is 2. The van der Waals surface area contributed by atoms with Crippen LogP contribution in [0.1, 0.15) is 166 Å². The number of hydrogen-bond donors (Lipinski definition) is 0. The number of fused-ring (bicyclic) bond motifs is 2. The molecule has 0 spiro atoms. The fourth-order valence-corrected chi connectivity index (χ4v) is 12.6. The van der Waals surface area contributed by atoms with E-state index in [4.69, 9.17) is 0 Å². The summed E-state index contributed by atoms with van der Waals surface area (Å²) >= 11 is 0. The maximum atomic E-state index is 3.60. The third kappa shape index (κ3) is 9.75. The molecule has 0 bridgehead atoms. The van der Waals surface area contributed by atoms with Gasteiger partial charge in [0.05, 0.1) is 0 Å². The molecule has 0 aliphatic heterocycles. The van der Waals surface area contributed by atoms with E-state index in [0.717, 1.165) is 25.7 Å². The van der Waals surface area contributed by atoms with Crippen LogP contribution in [0.3, 0.4) is 0 Å². The Morgan fingerprint density at radius 3 is 1.20 bits per heavy atom. The molecule has 0 N–H and O–H groups in total. The van der Waals surface area contributed by atoms with Crippen molar-refractivity contribution >= 4 is 45.2 Å². The summed E-state index contributed by atoms with van der Waals surface area (Å²) in [6.45, 7) is 37.8. The maximum absolute atomic E-state index is 3.60. The van der Waals surface area contributed by atoms with Gasteiger partial charge in [0, 0.05) is 8.07 Å². The number of aryl methyl sites for hydroxylation is 2. The predicted octanol–water partition coefficient (Wildman–Crippen LogP) is 13.4. The summed E-state index contributed by atoms with van der Waals surface area (Å²) in [5.74, 6) is 1.96. The molecule has 274 valence electrons. The van der Waals surface area contributed by atoms with Crippen molar-refractivity contribution in [1.29, 1.82) is 0 Å². The van der Waals surface area contributed by atoms with E-state index in [1.165, 1.54) is 51.1 Å². The zero-order valence-corrected chi connectivity index (χ0v) is 39.4. The van der Waals surface area contributed by atoms with Crippen LogP contribution in [0.4, 0.5) is 0 Å². The first kappa shape index (κ1) is 45.1. The molecule has 0 fully saturated rings. The first-order valence-corrected chi connectivity index (χ1v) is 22.4. The second-order valence-corrected chi connectivity index (χ2v) is 19.6. The number of benzene rings is 3. The van der Waals surface area contributed by atoms with Gasteiger partial charge >= 0.3 is 25.8 Å². The van der Waals surface area contributed by atoms with E-state index in [1.54, 1.807) is 32.3 Å². The molecule has 5 aromatic carbocycles. The summed E-state index contributed by atoms with van der Waals surface area (Å²) in [5.41, 5.74) is 9.08. The Hall–Kier alpha value is -2.03. The average Bonchev–Trinajstić information content (AvgIpc) is 3.69. The van der Waals surface area contributed by atoms with Crippen LogP contribution in [-0.4, -0.2) is 8.07 Å². The zero-order chi connectivity index (χ0) is 37.3. The monoisotopic (exact) mass is 866 g/mol. The van der Waals surface area contributed by atoms with E-state index in [0.29, 0.717) is 23.7 Å². The van der Waals surface area contributed by atoms with Crippen molar-refractivity contribution < 1.29 is 25.8 Å². The third-order valence-corrected chi connectivity index (χ3v) is 15.3. The second-order valence-electron chi connectivity index (χ2n) is 15.8. The molecule has 5 aromatic rings. The van der Waals surface area contributed by atoms with Crippen molar-refractivity contribution in [2.75, 3.05) is 0 Å². The van der Waals surface area contributed by atoms with Crippen LogP contribution in [0.15, 0.2) is 66.7 Å². The largest absolute Gasteiger partial charge is 4.00 e. The summed E-state index contributed by atoms with van der Waals surface area (Å²) in [7, 11) is -2.48. The Kier molecular flexibility index (Phi) is 18.1. The molecule has 5 rings (SSSR count). The summed E-state index contributed by atoms with van der Waals surface area (Å²) in [6, 6.07) is 26.8. The van der Waals surface area contributed by atoms with E-state index >= 15 is 0 Å². The standard InChI is InChI=1S/C41H52Si.2C4H9.Hf/c1-12-29-19-33-21-31(25(3)4)23-36(27(7)8)38(33)40(29)42(11,35-17-15-14-16-18-35)41-30(13-2)20-34-22-32(26(5)6)24-37(28(9)10)39(34)41;2*1-3-4-2;/h14-28H,12-13H2,1-11H3;2*1,3-4H2,2H3;/q-2;2*-1;+4. The first-order valence-electron chi connectivity index (χ1n) is 19.9. The number of rotatable bonds is 11. The van der Waals surface area contributed by atoms with Gasteiger partial charge < -0.3 is 13.8 Å². The Morgan fingerprint density at radius 1 is 0.569 bits per heavy atom. The molecule has 0 saturated heterocycles. The molecule has 0 aromatic heterocycles. The number of hydrogen-bond acceptors (Lipinski definition) is 0. The van der Waals surface area contributed by atoms with Crippen molar-refractivity contribution in [1.82, 2.24) is 0 Å². The minimum atomic E-state index is -2.48. The van der Waals surface area contributed by atoms with Crippen LogP contribution in [0, 0.1) is 13.8 Å². The van der Waals surface area contributed by atoms with Crippen LogP contribution in [0.2, 0.25) is 6.55 Å². The minimum absolute atomic E-state index is 0. The molecule has 0 atom stereocenters. The molecule has 2 heteroatoms. The van der Waals surface area contributed by atoms with E-state index < -0.39 is 8.07 Å². The summed E-state index contributed by atoms with van der Waals surface area (Å²) in [4.78, 5) is 0. The summed E-state index contributed by atoms with van der Waals surface area (Å²) < 4.78 is 0. The molecular weight excluding hydrogens is 795 g/mol. The smallest absolute Gasteiger partial charge is 0.343 e. The Bertz CT molecular complexity index is 1660. The quantitative estimate of drug-likeness (QED) is 0.0917. The van der Waals surface area contributed by atoms with E-state index in [1.807, 2.05) is 0 Å². The normalized spacial score (nSPS) is 11.7. The van der Waals surface area contributed by atoms with Gasteiger partial charge in [-0.25, -0.2) is 0 Å². The average molecular weight is 866 g/mol. The van der Waals surface area contributed by atoms with Crippen molar-refractivity contribution in [3.8, 4) is 0 Å². The van der Waals surface area contributed by atoms with Gasteiger partial charge in [-0.3, -0.25) is 0 Å². The van der Waals surface area contributed by atoms with E-state index in [2.05, 4.69) is 170 Å². The van der Waals surface area contributed by atoms with Crippen LogP contribution >= 0.6 is 0 Å². The summed E-state index contributed by atoms with van der Waals surface area (Å²) in [6.07, 6.45) is 6.67. The van der Waals surface area contributed by atoms with Gasteiger partial charge in [-0.1, -0.05) is 172 Å². The van der Waals surface area contributed by atoms with Crippen molar-refractivity contribution in [2.45, 2.75) is 152 Å². The Balaban J connectivity index is 0.000000908. The van der Waals surface area contributed by atoms with Crippen LogP contribution in [-0.2, 0) is 38.7 Å². The van der Waals surface area contributed by atoms with Crippen LogP contribution in [0.25, 0.3) is 21.5 Å². The van der Waals surface area contributed by atoms with Crippen molar-refractivity contribution in [2.24, 2.45) is 0 Å². The van der Waals surface area contributed by atoms with Gasteiger partial charge in [0.15, 0.2) is 0 Å². The maximum Gasteiger partial charge on any atom is 4.00 e. The van der Waals surface area contributed by atoms with E-state index in [-0.39, 0.29) is 25.8 Å². The van der Waals surface area contributed by atoms with Crippen molar-refractivity contribution in [3.63, 3.8) is 0 Å². The molecule has 0 amide bonds. The van der Waals surface area contributed by atoms with Gasteiger partial charge in [-0.2, -0.15) is 23.2 Å². The Labute approximate surface area is 334 Å². The fourth-order valence-electron chi connectivity index (χ4n) is 7.53. The summed E-state index contributed by atoms with van der Waals surface area (Å²) in [5, 5.41) is 10.8. The topological polar surface area (TPSA) is 0 Å². The predicted molar refractivity (Wildman–Crippen MR) is 232 cm³/mol. The van der Waals surface area contributed by atoms with Gasteiger partial charge in [0.1, 0.15) is 0 Å². The molecule has 0 aliphatic carbocycles. The molecule has 0 radical (unpaired) electrons. The Morgan fingerprint density at radius 2 is 0.922 bits per heavy atom. The molecule has 0 aliphatic rings. The van der Waals surface area contributed by atoms with Crippen molar-refractivity contribution in [3.05, 3.63) is 114 Å². The molecular formula is C49H70HfSi. The first-order chi connectivity index (χ1) is 23.8. The van der Waals surface area contributed by atoms with Crippen LogP contribution in [0.5, 0.6) is 0 Å². The molecule has 0 saturated carbocycles.